The summed E-state index contributed by atoms with van der Waals surface area (Å²) in [4.78, 5) is 4.66. The van der Waals surface area contributed by atoms with Gasteiger partial charge in [-0.05, 0) is 66.9 Å². The van der Waals surface area contributed by atoms with Gasteiger partial charge in [0.15, 0.2) is 0 Å². The zero-order valence-corrected chi connectivity index (χ0v) is 17.7. The van der Waals surface area contributed by atoms with E-state index in [1.807, 2.05) is 61.9 Å². The number of ether oxygens (including phenoxy) is 1. The average molecular weight is 438 g/mol. The highest BCUT2D eigenvalue weighted by atomic mass is 19.4. The fourth-order valence-corrected chi connectivity index (χ4v) is 3.52. The minimum absolute atomic E-state index is 0.269. The number of nitrogens with one attached hydrogen (secondary N) is 1. The monoisotopic (exact) mass is 438 g/mol. The van der Waals surface area contributed by atoms with Crippen LogP contribution in [0.5, 0.6) is 5.75 Å². The van der Waals surface area contributed by atoms with E-state index in [0.717, 1.165) is 33.4 Å². The Bertz CT molecular complexity index is 1270. The standard InChI is InChI=1S/C24H21F3N4O/c1-15-5-4-6-16(2)22(15)30-28-14-17-7-12-21-20(13-17)29-23(31(21)3)18-8-10-19(11-9-18)32-24(25,26)27/h4-14,30H,1-3H3/b28-14+. The summed E-state index contributed by atoms with van der Waals surface area (Å²) in [5.41, 5.74) is 9.50. The van der Waals surface area contributed by atoms with Gasteiger partial charge in [-0.1, -0.05) is 24.3 Å². The van der Waals surface area contributed by atoms with Crippen molar-refractivity contribution >= 4 is 22.9 Å². The van der Waals surface area contributed by atoms with Crippen LogP contribution in [-0.4, -0.2) is 22.1 Å². The van der Waals surface area contributed by atoms with E-state index in [-0.39, 0.29) is 5.75 Å². The number of imidazole rings is 1. The number of anilines is 1. The molecule has 4 rings (SSSR count). The summed E-state index contributed by atoms with van der Waals surface area (Å²) in [5, 5.41) is 4.35. The summed E-state index contributed by atoms with van der Waals surface area (Å²) in [5.74, 6) is 0.371. The number of halogens is 3. The topological polar surface area (TPSA) is 51.4 Å². The van der Waals surface area contributed by atoms with Gasteiger partial charge in [-0.25, -0.2) is 4.98 Å². The lowest BCUT2D eigenvalue weighted by molar-refractivity contribution is -0.274. The Labute approximate surface area is 183 Å². The highest BCUT2D eigenvalue weighted by molar-refractivity contribution is 5.89. The van der Waals surface area contributed by atoms with Crippen LogP contribution in [0.25, 0.3) is 22.4 Å². The van der Waals surface area contributed by atoms with Crippen LogP contribution in [-0.2, 0) is 7.05 Å². The van der Waals surface area contributed by atoms with E-state index in [2.05, 4.69) is 20.2 Å². The molecule has 5 nitrogen and oxygen atoms in total. The molecule has 1 heterocycles. The van der Waals surface area contributed by atoms with Crippen LogP contribution in [0.1, 0.15) is 16.7 Å². The Morgan fingerprint density at radius 1 is 1.00 bits per heavy atom. The molecule has 164 valence electrons. The quantitative estimate of drug-likeness (QED) is 0.298. The van der Waals surface area contributed by atoms with Crippen molar-refractivity contribution < 1.29 is 17.9 Å². The second-order valence-corrected chi connectivity index (χ2v) is 7.45. The van der Waals surface area contributed by atoms with Gasteiger partial charge >= 0.3 is 6.36 Å². The van der Waals surface area contributed by atoms with E-state index in [0.29, 0.717) is 11.4 Å². The molecule has 0 aliphatic rings. The minimum atomic E-state index is -4.72. The number of nitrogens with zero attached hydrogens (tertiary/aromatic N) is 3. The Morgan fingerprint density at radius 3 is 2.34 bits per heavy atom. The lowest BCUT2D eigenvalue weighted by Crippen LogP contribution is -2.16. The van der Waals surface area contributed by atoms with Gasteiger partial charge in [-0.3, -0.25) is 5.43 Å². The van der Waals surface area contributed by atoms with Gasteiger partial charge in [0.2, 0.25) is 0 Å². The van der Waals surface area contributed by atoms with Gasteiger partial charge in [-0.15, -0.1) is 13.2 Å². The van der Waals surface area contributed by atoms with E-state index < -0.39 is 6.36 Å². The number of hydrazone groups is 1. The molecule has 1 aromatic heterocycles. The van der Waals surface area contributed by atoms with Gasteiger partial charge in [-0.2, -0.15) is 5.10 Å². The molecule has 0 saturated heterocycles. The van der Waals surface area contributed by atoms with E-state index in [1.165, 1.54) is 12.1 Å². The minimum Gasteiger partial charge on any atom is -0.406 e. The molecular weight excluding hydrogens is 417 g/mol. The first kappa shape index (κ1) is 21.4. The van der Waals surface area contributed by atoms with Crippen LogP contribution in [0.15, 0.2) is 65.8 Å². The van der Waals surface area contributed by atoms with Crippen molar-refractivity contribution in [3.8, 4) is 17.1 Å². The van der Waals surface area contributed by atoms with Gasteiger partial charge in [0.1, 0.15) is 11.6 Å². The number of benzene rings is 3. The molecule has 8 heteroatoms. The van der Waals surface area contributed by atoms with Gasteiger partial charge in [0, 0.05) is 12.6 Å². The summed E-state index contributed by atoms with van der Waals surface area (Å²) >= 11 is 0. The Morgan fingerprint density at radius 2 is 1.69 bits per heavy atom. The maximum atomic E-state index is 12.4. The van der Waals surface area contributed by atoms with Crippen molar-refractivity contribution in [2.75, 3.05) is 5.43 Å². The fourth-order valence-electron chi connectivity index (χ4n) is 3.52. The first-order chi connectivity index (χ1) is 15.2. The molecule has 0 atom stereocenters. The van der Waals surface area contributed by atoms with E-state index >= 15 is 0 Å². The predicted molar refractivity (Wildman–Crippen MR) is 120 cm³/mol. The van der Waals surface area contributed by atoms with Gasteiger partial charge < -0.3 is 9.30 Å². The van der Waals surface area contributed by atoms with Crippen molar-refractivity contribution in [3.05, 3.63) is 77.4 Å². The number of rotatable bonds is 5. The van der Waals surface area contributed by atoms with Crippen LogP contribution in [0.3, 0.4) is 0 Å². The molecule has 0 unspecified atom stereocenters. The molecule has 1 N–H and O–H groups in total. The third kappa shape index (κ3) is 4.59. The maximum absolute atomic E-state index is 12.4. The number of aromatic nitrogens is 2. The second kappa shape index (κ2) is 8.37. The highest BCUT2D eigenvalue weighted by Gasteiger charge is 2.31. The van der Waals surface area contributed by atoms with Crippen LogP contribution >= 0.6 is 0 Å². The lowest BCUT2D eigenvalue weighted by Gasteiger charge is -2.09. The smallest absolute Gasteiger partial charge is 0.406 e. The number of fused-ring (bicyclic) bond motifs is 1. The normalized spacial score (nSPS) is 11.9. The first-order valence-corrected chi connectivity index (χ1v) is 9.89. The van der Waals surface area contributed by atoms with Crippen molar-refractivity contribution in [1.82, 2.24) is 9.55 Å². The Kier molecular flexibility index (Phi) is 5.61. The highest BCUT2D eigenvalue weighted by Crippen LogP contribution is 2.28. The van der Waals surface area contributed by atoms with E-state index in [4.69, 9.17) is 0 Å². The molecule has 3 aromatic carbocycles. The number of hydrogen-bond acceptors (Lipinski definition) is 4. The van der Waals surface area contributed by atoms with Crippen LogP contribution in [0.2, 0.25) is 0 Å². The largest absolute Gasteiger partial charge is 0.573 e. The Balaban J connectivity index is 1.57. The third-order valence-electron chi connectivity index (χ3n) is 5.12. The number of para-hydroxylation sites is 1. The number of aryl methyl sites for hydroxylation is 3. The van der Waals surface area contributed by atoms with Crippen molar-refractivity contribution in [2.24, 2.45) is 12.1 Å². The second-order valence-electron chi connectivity index (χ2n) is 7.45. The van der Waals surface area contributed by atoms with Gasteiger partial charge in [0.25, 0.3) is 0 Å². The zero-order valence-electron chi connectivity index (χ0n) is 17.7. The van der Waals surface area contributed by atoms with E-state index in [9.17, 15) is 13.2 Å². The van der Waals surface area contributed by atoms with Crippen LogP contribution in [0, 0.1) is 13.8 Å². The lowest BCUT2D eigenvalue weighted by atomic mass is 10.1. The molecule has 0 saturated carbocycles. The summed E-state index contributed by atoms with van der Waals surface area (Å²) in [7, 11) is 1.86. The third-order valence-corrected chi connectivity index (χ3v) is 5.12. The van der Waals surface area contributed by atoms with Crippen LogP contribution in [0.4, 0.5) is 18.9 Å². The molecule has 4 aromatic rings. The molecule has 0 radical (unpaired) electrons. The molecule has 0 aliphatic carbocycles. The maximum Gasteiger partial charge on any atom is 0.573 e. The molecule has 0 aliphatic heterocycles. The predicted octanol–water partition coefficient (Wildman–Crippen LogP) is 6.20. The summed E-state index contributed by atoms with van der Waals surface area (Å²) in [6.45, 7) is 4.04. The fraction of sp³-hybridized carbons (Fsp3) is 0.167. The molecule has 32 heavy (non-hydrogen) atoms. The molecule has 0 spiro atoms. The first-order valence-electron chi connectivity index (χ1n) is 9.89. The number of hydrogen-bond donors (Lipinski definition) is 1. The molecule has 0 amide bonds. The molecular formula is C24H21F3N4O. The average Bonchev–Trinajstić information content (AvgIpc) is 3.05. The zero-order chi connectivity index (χ0) is 22.9. The SMILES string of the molecule is Cc1cccc(C)c1N/N=C/c1ccc2c(c1)nc(-c1ccc(OC(F)(F)F)cc1)n2C. The molecule has 0 fully saturated rings. The van der Waals surface area contributed by atoms with Gasteiger partial charge in [0.05, 0.1) is 22.9 Å². The Hall–Kier alpha value is -3.81. The van der Waals surface area contributed by atoms with Crippen molar-refractivity contribution in [2.45, 2.75) is 20.2 Å². The van der Waals surface area contributed by atoms with Crippen LogP contribution < -0.4 is 10.2 Å². The summed E-state index contributed by atoms with van der Waals surface area (Å²) in [6.07, 6.45) is -2.99. The summed E-state index contributed by atoms with van der Waals surface area (Å²) < 4.78 is 43.0. The van der Waals surface area contributed by atoms with E-state index in [1.54, 1.807) is 18.3 Å². The van der Waals surface area contributed by atoms with Crippen molar-refractivity contribution in [3.63, 3.8) is 0 Å². The van der Waals surface area contributed by atoms with Crippen molar-refractivity contribution in [1.29, 1.82) is 0 Å². The summed E-state index contributed by atoms with van der Waals surface area (Å²) in [6, 6.07) is 17.5. The number of alkyl halides is 3. The molecule has 0 bridgehead atoms.